The minimum atomic E-state index is -0.321. The summed E-state index contributed by atoms with van der Waals surface area (Å²) in [6.07, 6.45) is 2.11. The summed E-state index contributed by atoms with van der Waals surface area (Å²) in [5.74, 6) is 0.892. The number of benzene rings is 2. The molecule has 30 heavy (non-hydrogen) atoms. The second kappa shape index (κ2) is 8.36. The molecule has 2 aromatic carbocycles. The number of amides is 2. The molecule has 0 saturated heterocycles. The molecule has 4 rings (SSSR count). The van der Waals surface area contributed by atoms with Crippen LogP contribution in [-0.2, 0) is 16.0 Å². The lowest BCUT2D eigenvalue weighted by Crippen LogP contribution is -2.28. The number of carbonyl (C=O) groups excluding carboxylic acids is 2. The maximum atomic E-state index is 13.0. The molecule has 0 aliphatic carbocycles. The van der Waals surface area contributed by atoms with Gasteiger partial charge in [-0.15, -0.1) is 0 Å². The third-order valence-electron chi connectivity index (χ3n) is 4.76. The SMILES string of the molecule is CC(NC(=O)CCc1ncc(-c2ccc(F)cc2)o1)c1ccc2c(c1)NC(=O)CO2. The van der Waals surface area contributed by atoms with Crippen molar-refractivity contribution < 1.29 is 23.1 Å². The number of fused-ring (bicyclic) bond motifs is 1. The van der Waals surface area contributed by atoms with E-state index in [-0.39, 0.29) is 36.7 Å². The zero-order valence-corrected chi connectivity index (χ0v) is 16.3. The molecule has 8 heteroatoms. The smallest absolute Gasteiger partial charge is 0.262 e. The highest BCUT2D eigenvalue weighted by atomic mass is 19.1. The lowest BCUT2D eigenvalue weighted by Gasteiger charge is -2.21. The fourth-order valence-corrected chi connectivity index (χ4v) is 3.16. The molecule has 3 aromatic rings. The van der Waals surface area contributed by atoms with E-state index in [2.05, 4.69) is 15.6 Å². The molecule has 0 radical (unpaired) electrons. The van der Waals surface area contributed by atoms with Gasteiger partial charge in [-0.2, -0.15) is 0 Å². The van der Waals surface area contributed by atoms with Crippen LogP contribution in [0.2, 0.25) is 0 Å². The van der Waals surface area contributed by atoms with Gasteiger partial charge < -0.3 is 19.8 Å². The average molecular weight is 409 g/mol. The molecule has 1 aliphatic heterocycles. The second-order valence-electron chi connectivity index (χ2n) is 7.01. The molecule has 154 valence electrons. The Balaban J connectivity index is 1.32. The fraction of sp³-hybridized carbons (Fsp3) is 0.227. The lowest BCUT2D eigenvalue weighted by atomic mass is 10.1. The van der Waals surface area contributed by atoms with Gasteiger partial charge in [0, 0.05) is 18.4 Å². The number of carbonyl (C=O) groups is 2. The van der Waals surface area contributed by atoms with Crippen LogP contribution < -0.4 is 15.4 Å². The van der Waals surface area contributed by atoms with Crippen LogP contribution in [0.15, 0.2) is 53.1 Å². The predicted molar refractivity (Wildman–Crippen MR) is 107 cm³/mol. The van der Waals surface area contributed by atoms with E-state index < -0.39 is 0 Å². The standard InChI is InChI=1S/C22H20FN3O4/c1-13(15-4-7-18-17(10-15)26-21(28)12-29-18)25-20(27)8-9-22-24-11-19(30-22)14-2-5-16(23)6-3-14/h2-7,10-11,13H,8-9,12H2,1H3,(H,25,27)(H,26,28). The molecule has 0 saturated carbocycles. The lowest BCUT2D eigenvalue weighted by molar-refractivity contribution is -0.122. The highest BCUT2D eigenvalue weighted by Crippen LogP contribution is 2.30. The topological polar surface area (TPSA) is 93.5 Å². The first-order valence-corrected chi connectivity index (χ1v) is 9.54. The van der Waals surface area contributed by atoms with Gasteiger partial charge in [-0.3, -0.25) is 9.59 Å². The van der Waals surface area contributed by atoms with Crippen molar-refractivity contribution in [1.82, 2.24) is 10.3 Å². The summed E-state index contributed by atoms with van der Waals surface area (Å²) in [5, 5.41) is 5.68. The summed E-state index contributed by atoms with van der Waals surface area (Å²) >= 11 is 0. The highest BCUT2D eigenvalue weighted by Gasteiger charge is 2.18. The molecule has 0 bridgehead atoms. The van der Waals surface area contributed by atoms with E-state index in [1.54, 1.807) is 30.5 Å². The van der Waals surface area contributed by atoms with E-state index in [9.17, 15) is 14.0 Å². The number of nitrogens with zero attached hydrogens (tertiary/aromatic N) is 1. The first-order valence-electron chi connectivity index (χ1n) is 9.54. The summed E-state index contributed by atoms with van der Waals surface area (Å²) in [6, 6.07) is 11.1. The van der Waals surface area contributed by atoms with Crippen LogP contribution in [0, 0.1) is 5.82 Å². The van der Waals surface area contributed by atoms with Gasteiger partial charge in [-0.1, -0.05) is 6.07 Å². The van der Waals surface area contributed by atoms with Crippen molar-refractivity contribution in [3.05, 3.63) is 65.9 Å². The number of aryl methyl sites for hydroxylation is 1. The van der Waals surface area contributed by atoms with Gasteiger partial charge in [0.25, 0.3) is 5.91 Å². The van der Waals surface area contributed by atoms with Gasteiger partial charge in [0.2, 0.25) is 5.91 Å². The summed E-state index contributed by atoms with van der Waals surface area (Å²) in [4.78, 5) is 28.0. The Hall–Kier alpha value is -3.68. The third kappa shape index (κ3) is 4.48. The van der Waals surface area contributed by atoms with Gasteiger partial charge in [0.15, 0.2) is 18.3 Å². The largest absolute Gasteiger partial charge is 0.482 e. The molecular weight excluding hydrogens is 389 g/mol. The number of aromatic nitrogens is 1. The number of hydrogen-bond donors (Lipinski definition) is 2. The minimum Gasteiger partial charge on any atom is -0.482 e. The van der Waals surface area contributed by atoms with Crippen molar-refractivity contribution in [2.45, 2.75) is 25.8 Å². The van der Waals surface area contributed by atoms with Crippen LogP contribution in [0.5, 0.6) is 5.75 Å². The molecule has 2 heterocycles. The maximum absolute atomic E-state index is 13.0. The summed E-state index contributed by atoms with van der Waals surface area (Å²) in [5.41, 5.74) is 2.16. The summed E-state index contributed by atoms with van der Waals surface area (Å²) < 4.78 is 24.0. The van der Waals surface area contributed by atoms with E-state index in [1.807, 2.05) is 13.0 Å². The van der Waals surface area contributed by atoms with E-state index >= 15 is 0 Å². The van der Waals surface area contributed by atoms with Crippen LogP contribution in [0.4, 0.5) is 10.1 Å². The van der Waals surface area contributed by atoms with Gasteiger partial charge in [0.05, 0.1) is 17.9 Å². The summed E-state index contributed by atoms with van der Waals surface area (Å²) in [7, 11) is 0. The van der Waals surface area contributed by atoms with Crippen molar-refractivity contribution >= 4 is 17.5 Å². The van der Waals surface area contributed by atoms with Gasteiger partial charge in [-0.05, 0) is 48.9 Å². The number of hydrogen-bond acceptors (Lipinski definition) is 5. The van der Waals surface area contributed by atoms with Crippen LogP contribution in [0.25, 0.3) is 11.3 Å². The zero-order chi connectivity index (χ0) is 21.1. The molecule has 1 unspecified atom stereocenters. The van der Waals surface area contributed by atoms with Crippen LogP contribution >= 0.6 is 0 Å². The molecule has 2 amide bonds. The van der Waals surface area contributed by atoms with E-state index in [1.165, 1.54) is 12.1 Å². The van der Waals surface area contributed by atoms with Crippen molar-refractivity contribution in [3.8, 4) is 17.1 Å². The minimum absolute atomic E-state index is 0.00231. The zero-order valence-electron chi connectivity index (χ0n) is 16.3. The number of ether oxygens (including phenoxy) is 1. The van der Waals surface area contributed by atoms with Crippen LogP contribution in [0.3, 0.4) is 0 Å². The van der Waals surface area contributed by atoms with Gasteiger partial charge >= 0.3 is 0 Å². The monoisotopic (exact) mass is 409 g/mol. The van der Waals surface area contributed by atoms with Crippen molar-refractivity contribution in [2.24, 2.45) is 0 Å². The number of nitrogens with one attached hydrogen (secondary N) is 2. The number of anilines is 1. The second-order valence-corrected chi connectivity index (χ2v) is 7.01. The molecular formula is C22H20FN3O4. The molecule has 7 nitrogen and oxygen atoms in total. The highest BCUT2D eigenvalue weighted by molar-refractivity contribution is 5.95. The van der Waals surface area contributed by atoms with E-state index in [0.717, 1.165) is 11.1 Å². The molecule has 1 aliphatic rings. The average Bonchev–Trinajstić information content (AvgIpc) is 3.21. The van der Waals surface area contributed by atoms with Crippen molar-refractivity contribution in [2.75, 3.05) is 11.9 Å². The first-order chi connectivity index (χ1) is 14.5. The quantitative estimate of drug-likeness (QED) is 0.649. The molecule has 1 aromatic heterocycles. The summed E-state index contributed by atoms with van der Waals surface area (Å²) in [6.45, 7) is 1.87. The molecule has 0 fully saturated rings. The third-order valence-corrected chi connectivity index (χ3v) is 4.76. The Kier molecular flexibility index (Phi) is 5.47. The van der Waals surface area contributed by atoms with E-state index in [0.29, 0.717) is 29.5 Å². The number of oxazole rings is 1. The fourth-order valence-electron chi connectivity index (χ4n) is 3.16. The van der Waals surface area contributed by atoms with Gasteiger partial charge in [0.1, 0.15) is 11.6 Å². The Morgan fingerprint density at radius 3 is 2.87 bits per heavy atom. The Morgan fingerprint density at radius 2 is 2.07 bits per heavy atom. The first kappa shape index (κ1) is 19.6. The molecule has 1 atom stereocenters. The predicted octanol–water partition coefficient (Wildman–Crippen LogP) is 3.62. The Morgan fingerprint density at radius 1 is 1.27 bits per heavy atom. The van der Waals surface area contributed by atoms with Crippen LogP contribution in [-0.4, -0.2) is 23.4 Å². The number of halogens is 1. The maximum Gasteiger partial charge on any atom is 0.262 e. The normalized spacial score (nSPS) is 13.7. The van der Waals surface area contributed by atoms with E-state index in [4.69, 9.17) is 9.15 Å². The Bertz CT molecular complexity index is 1080. The molecule has 0 spiro atoms. The number of rotatable bonds is 6. The Labute approximate surface area is 172 Å². The van der Waals surface area contributed by atoms with Gasteiger partial charge in [-0.25, -0.2) is 9.37 Å². The van der Waals surface area contributed by atoms with Crippen molar-refractivity contribution in [1.29, 1.82) is 0 Å². The molecule has 2 N–H and O–H groups in total. The van der Waals surface area contributed by atoms with Crippen LogP contribution in [0.1, 0.15) is 30.8 Å². The van der Waals surface area contributed by atoms with Crippen molar-refractivity contribution in [3.63, 3.8) is 0 Å².